The summed E-state index contributed by atoms with van der Waals surface area (Å²) >= 11 is 0. The molecule has 6 rings (SSSR count). The first-order chi connectivity index (χ1) is 20.2. The predicted octanol–water partition coefficient (Wildman–Crippen LogP) is 5.16. The molecule has 10 nitrogen and oxygen atoms in total. The Kier molecular flexibility index (Phi) is 7.55. The number of carbonyl (C=O) groups is 2. The number of benzene rings is 1. The zero-order chi connectivity index (χ0) is 29.4. The van der Waals surface area contributed by atoms with Gasteiger partial charge in [-0.25, -0.2) is 9.50 Å². The predicted molar refractivity (Wildman–Crippen MR) is 153 cm³/mol. The molecule has 10 heteroatoms. The number of fused-ring (bicyclic) bond motifs is 1. The van der Waals surface area contributed by atoms with Crippen molar-refractivity contribution >= 4 is 17.5 Å². The summed E-state index contributed by atoms with van der Waals surface area (Å²) in [6.07, 6.45) is 5.79. The third-order valence-electron chi connectivity index (χ3n) is 8.92. The van der Waals surface area contributed by atoms with Crippen molar-refractivity contribution in [3.8, 4) is 5.75 Å². The fourth-order valence-electron chi connectivity index (χ4n) is 6.53. The molecule has 2 unspecified atom stereocenters. The number of esters is 1. The first-order valence-corrected chi connectivity index (χ1v) is 14.8. The van der Waals surface area contributed by atoms with Crippen LogP contribution in [0.5, 0.6) is 5.75 Å². The molecule has 1 aliphatic carbocycles. The lowest BCUT2D eigenvalue weighted by Gasteiger charge is -2.43. The number of rotatable bonds is 9. The average Bonchev–Trinajstić information content (AvgIpc) is 3.71. The Bertz CT molecular complexity index is 1580. The van der Waals surface area contributed by atoms with Gasteiger partial charge in [-0.3, -0.25) is 9.59 Å². The van der Waals surface area contributed by atoms with E-state index >= 15 is 0 Å². The molecule has 0 spiro atoms. The second-order valence-corrected chi connectivity index (χ2v) is 11.9. The molecular weight excluding hydrogens is 534 g/mol. The van der Waals surface area contributed by atoms with Crippen LogP contribution in [0.4, 0.5) is 0 Å². The molecule has 2 atom stereocenters. The second-order valence-electron chi connectivity index (χ2n) is 11.9. The Morgan fingerprint density at radius 2 is 1.81 bits per heavy atom. The van der Waals surface area contributed by atoms with Crippen molar-refractivity contribution < 1.29 is 23.6 Å². The van der Waals surface area contributed by atoms with Crippen LogP contribution in [0, 0.1) is 39.5 Å². The van der Waals surface area contributed by atoms with Gasteiger partial charge in [-0.15, -0.1) is 5.10 Å². The molecule has 0 N–H and O–H groups in total. The van der Waals surface area contributed by atoms with Crippen LogP contribution in [0.3, 0.4) is 0 Å². The molecule has 42 heavy (non-hydrogen) atoms. The number of aromatic nitrogens is 5. The summed E-state index contributed by atoms with van der Waals surface area (Å²) in [6, 6.07) is 9.89. The van der Waals surface area contributed by atoms with E-state index in [0.717, 1.165) is 65.4 Å². The van der Waals surface area contributed by atoms with Gasteiger partial charge in [-0.2, -0.15) is 4.98 Å². The number of cyclic esters (lactones) is 1. The Balaban J connectivity index is 1.13. The van der Waals surface area contributed by atoms with E-state index in [-0.39, 0.29) is 24.5 Å². The molecule has 4 aromatic rings. The molecule has 4 heterocycles. The number of nitrogens with zero attached hydrogens (tertiary/aromatic N) is 5. The topological polar surface area (TPSA) is 122 Å². The fourth-order valence-corrected chi connectivity index (χ4v) is 6.53. The van der Waals surface area contributed by atoms with E-state index in [4.69, 9.17) is 14.0 Å². The van der Waals surface area contributed by atoms with Crippen LogP contribution in [0.15, 0.2) is 34.9 Å². The highest BCUT2D eigenvalue weighted by Crippen LogP contribution is 2.45. The van der Waals surface area contributed by atoms with Gasteiger partial charge in [0.1, 0.15) is 29.6 Å². The number of hydrogen-bond donors (Lipinski definition) is 0. The average molecular weight is 572 g/mol. The number of ether oxygens (including phenoxy) is 2. The zero-order valence-corrected chi connectivity index (χ0v) is 24.7. The van der Waals surface area contributed by atoms with Crippen molar-refractivity contribution in [2.24, 2.45) is 11.8 Å². The van der Waals surface area contributed by atoms with Gasteiger partial charge in [0.25, 0.3) is 5.78 Å². The van der Waals surface area contributed by atoms with Crippen LogP contribution in [0.25, 0.3) is 5.78 Å². The van der Waals surface area contributed by atoms with Crippen molar-refractivity contribution in [1.29, 1.82) is 0 Å². The first-order valence-electron chi connectivity index (χ1n) is 14.8. The molecule has 2 aliphatic rings. The molecule has 3 aromatic heterocycles. The maximum absolute atomic E-state index is 13.6. The number of ketones is 1. The maximum atomic E-state index is 13.6. The van der Waals surface area contributed by atoms with Gasteiger partial charge in [0.15, 0.2) is 11.6 Å². The van der Waals surface area contributed by atoms with Crippen LogP contribution in [-0.2, 0) is 33.8 Å². The molecule has 1 saturated heterocycles. The van der Waals surface area contributed by atoms with Crippen molar-refractivity contribution in [2.45, 2.75) is 91.3 Å². The van der Waals surface area contributed by atoms with E-state index in [1.54, 1.807) is 4.52 Å². The summed E-state index contributed by atoms with van der Waals surface area (Å²) < 4.78 is 19.1. The van der Waals surface area contributed by atoms with E-state index in [2.05, 4.69) is 20.2 Å². The fraction of sp³-hybridized carbons (Fsp3) is 0.500. The minimum Gasteiger partial charge on any atom is -0.489 e. The van der Waals surface area contributed by atoms with Gasteiger partial charge >= 0.3 is 5.97 Å². The van der Waals surface area contributed by atoms with Crippen LogP contribution in [-0.4, -0.2) is 42.1 Å². The molecule has 1 aromatic carbocycles. The first kappa shape index (κ1) is 28.1. The summed E-state index contributed by atoms with van der Waals surface area (Å²) in [7, 11) is 0. The van der Waals surface area contributed by atoms with Gasteiger partial charge < -0.3 is 14.0 Å². The van der Waals surface area contributed by atoms with Crippen LogP contribution in [0.1, 0.15) is 78.3 Å². The summed E-state index contributed by atoms with van der Waals surface area (Å²) in [4.78, 5) is 35.9. The summed E-state index contributed by atoms with van der Waals surface area (Å²) in [5.41, 5.74) is 3.85. The van der Waals surface area contributed by atoms with Crippen LogP contribution >= 0.6 is 0 Å². The summed E-state index contributed by atoms with van der Waals surface area (Å²) in [5.74, 6) is 1.17. The van der Waals surface area contributed by atoms with E-state index in [1.807, 2.05) is 58.0 Å². The Labute approximate surface area is 244 Å². The number of Topliss-reactive ketones (excluding diaryl/α,β-unsaturated/α-hetero) is 1. The van der Waals surface area contributed by atoms with Gasteiger partial charge in [-0.05, 0) is 83.1 Å². The summed E-state index contributed by atoms with van der Waals surface area (Å²) in [5, 5.41) is 8.49. The minimum absolute atomic E-state index is 0.0825. The Hall–Kier alpha value is -4.08. The quantitative estimate of drug-likeness (QED) is 0.198. The normalized spacial score (nSPS) is 21.3. The van der Waals surface area contributed by atoms with E-state index in [0.29, 0.717) is 31.1 Å². The maximum Gasteiger partial charge on any atom is 0.317 e. The lowest BCUT2D eigenvalue weighted by atomic mass is 9.73. The van der Waals surface area contributed by atoms with Crippen molar-refractivity contribution in [3.05, 3.63) is 70.1 Å². The van der Waals surface area contributed by atoms with Crippen molar-refractivity contribution in [1.82, 2.24) is 24.7 Å². The number of aryl methyl sites for hydroxylation is 5. The smallest absolute Gasteiger partial charge is 0.317 e. The minimum atomic E-state index is -0.896. The molecule has 0 radical (unpaired) electrons. The van der Waals surface area contributed by atoms with Crippen LogP contribution < -0.4 is 4.74 Å². The number of hydrogen-bond acceptors (Lipinski definition) is 9. The largest absolute Gasteiger partial charge is 0.489 e. The lowest BCUT2D eigenvalue weighted by molar-refractivity contribution is -0.185. The second kappa shape index (κ2) is 11.3. The molecule has 0 amide bonds. The molecule has 1 aliphatic heterocycles. The zero-order valence-electron chi connectivity index (χ0n) is 24.7. The molecular formula is C32H37N5O5. The van der Waals surface area contributed by atoms with Gasteiger partial charge in [0.2, 0.25) is 0 Å². The molecule has 2 fully saturated rings. The van der Waals surface area contributed by atoms with E-state index in [1.165, 1.54) is 0 Å². The number of carbonyl (C=O) groups excluding carboxylic acids is 2. The van der Waals surface area contributed by atoms with Gasteiger partial charge in [-0.1, -0.05) is 30.1 Å². The Morgan fingerprint density at radius 1 is 1.05 bits per heavy atom. The third-order valence-corrected chi connectivity index (χ3v) is 8.92. The molecule has 0 bridgehead atoms. The van der Waals surface area contributed by atoms with E-state index in [9.17, 15) is 9.59 Å². The van der Waals surface area contributed by atoms with Crippen molar-refractivity contribution in [2.75, 3.05) is 0 Å². The van der Waals surface area contributed by atoms with Crippen LogP contribution in [0.2, 0.25) is 0 Å². The standard InChI is InChI=1S/C32H37N5O5/c1-19-15-20(2)37-31(33-19)34-29(35-37)16-26-28(38)17-32(41-30(26)39,24-7-5-6-8-24)14-13-23-9-11-25(12-10-23)40-18-27-21(3)36-42-22(27)4/h9-12,15,24,26H,5-8,13-14,16-18H2,1-4H3. The highest BCUT2D eigenvalue weighted by molar-refractivity contribution is 6.01. The highest BCUT2D eigenvalue weighted by Gasteiger charge is 2.51. The van der Waals surface area contributed by atoms with Crippen molar-refractivity contribution in [3.63, 3.8) is 0 Å². The SMILES string of the molecule is Cc1cc(C)n2nc(CC3C(=O)CC(CCc4ccc(OCc5c(C)noc5C)cc4)(C4CCCC4)OC3=O)nc2n1. The molecule has 220 valence electrons. The van der Waals surface area contributed by atoms with Gasteiger partial charge in [0, 0.05) is 24.2 Å². The highest BCUT2D eigenvalue weighted by atomic mass is 16.6. The lowest BCUT2D eigenvalue weighted by Crippen LogP contribution is -2.52. The van der Waals surface area contributed by atoms with Gasteiger partial charge in [0.05, 0.1) is 11.3 Å². The monoisotopic (exact) mass is 571 g/mol. The third kappa shape index (κ3) is 5.54. The van der Waals surface area contributed by atoms with E-state index < -0.39 is 17.5 Å². The Morgan fingerprint density at radius 3 is 2.50 bits per heavy atom. The summed E-state index contributed by atoms with van der Waals surface area (Å²) in [6.45, 7) is 8.00. The molecule has 1 saturated carbocycles.